The second kappa shape index (κ2) is 5.96. The highest BCUT2D eigenvalue weighted by atomic mass is 16.2. The van der Waals surface area contributed by atoms with E-state index in [9.17, 15) is 9.59 Å². The normalized spacial score (nSPS) is 11.0. The first-order chi connectivity index (χ1) is 11.3. The maximum absolute atomic E-state index is 12.4. The molecule has 0 aliphatic heterocycles. The Bertz CT molecular complexity index is 975. The standard InChI is InChI=1S/C18H20N4O2/c1-10-5-11(2)16(12(3)6-10)21-15(23)8-22-9-19-17-14(18(22)24)7-13(4)20-17/h5-7,9,20H,8H2,1-4H3,(H,21,23). The number of carbonyl (C=O) groups is 1. The zero-order chi connectivity index (χ0) is 17.4. The summed E-state index contributed by atoms with van der Waals surface area (Å²) in [7, 11) is 0. The third-order valence-corrected chi connectivity index (χ3v) is 4.00. The van der Waals surface area contributed by atoms with E-state index in [1.807, 2.05) is 39.8 Å². The first-order valence-corrected chi connectivity index (χ1v) is 7.77. The monoisotopic (exact) mass is 324 g/mol. The molecular formula is C18H20N4O2. The van der Waals surface area contributed by atoms with E-state index in [0.717, 1.165) is 28.1 Å². The molecule has 1 amide bonds. The molecule has 124 valence electrons. The molecule has 2 heterocycles. The van der Waals surface area contributed by atoms with Crippen molar-refractivity contribution in [3.05, 3.63) is 57.3 Å². The maximum Gasteiger partial charge on any atom is 0.263 e. The summed E-state index contributed by atoms with van der Waals surface area (Å²) in [5.41, 5.74) is 5.13. The summed E-state index contributed by atoms with van der Waals surface area (Å²) in [6.45, 7) is 7.72. The molecule has 0 bridgehead atoms. The third kappa shape index (κ3) is 2.95. The lowest BCUT2D eigenvalue weighted by molar-refractivity contribution is -0.116. The van der Waals surface area contributed by atoms with Crippen LogP contribution in [0.3, 0.4) is 0 Å². The molecule has 3 aromatic rings. The van der Waals surface area contributed by atoms with Gasteiger partial charge in [-0.25, -0.2) is 4.98 Å². The van der Waals surface area contributed by atoms with Gasteiger partial charge in [-0.15, -0.1) is 0 Å². The molecule has 0 saturated heterocycles. The summed E-state index contributed by atoms with van der Waals surface area (Å²) in [5.74, 6) is -0.249. The van der Waals surface area contributed by atoms with Crippen molar-refractivity contribution in [2.45, 2.75) is 34.2 Å². The van der Waals surface area contributed by atoms with Crippen molar-refractivity contribution in [1.29, 1.82) is 0 Å². The molecule has 0 atom stereocenters. The van der Waals surface area contributed by atoms with Crippen LogP contribution in [0.1, 0.15) is 22.4 Å². The topological polar surface area (TPSA) is 79.8 Å². The number of anilines is 1. The van der Waals surface area contributed by atoms with Crippen LogP contribution in [0, 0.1) is 27.7 Å². The van der Waals surface area contributed by atoms with Crippen LogP contribution in [-0.2, 0) is 11.3 Å². The molecule has 24 heavy (non-hydrogen) atoms. The second-order valence-corrected chi connectivity index (χ2v) is 6.21. The number of aryl methyl sites for hydroxylation is 4. The minimum atomic E-state index is -0.249. The number of benzene rings is 1. The molecule has 6 heteroatoms. The summed E-state index contributed by atoms with van der Waals surface area (Å²) in [4.78, 5) is 32.0. The first kappa shape index (κ1) is 16.0. The van der Waals surface area contributed by atoms with Gasteiger partial charge in [-0.2, -0.15) is 0 Å². The molecule has 0 fully saturated rings. The van der Waals surface area contributed by atoms with Gasteiger partial charge >= 0.3 is 0 Å². The first-order valence-electron chi connectivity index (χ1n) is 7.77. The minimum Gasteiger partial charge on any atom is -0.343 e. The van der Waals surface area contributed by atoms with E-state index >= 15 is 0 Å². The van der Waals surface area contributed by atoms with Gasteiger partial charge in [-0.1, -0.05) is 17.7 Å². The number of nitrogens with zero attached hydrogens (tertiary/aromatic N) is 2. The summed E-state index contributed by atoms with van der Waals surface area (Å²) < 4.78 is 1.32. The van der Waals surface area contributed by atoms with Crippen molar-refractivity contribution >= 4 is 22.6 Å². The van der Waals surface area contributed by atoms with Crippen LogP contribution in [0.5, 0.6) is 0 Å². The van der Waals surface area contributed by atoms with E-state index in [1.165, 1.54) is 10.9 Å². The highest BCUT2D eigenvalue weighted by Gasteiger charge is 2.12. The quantitative estimate of drug-likeness (QED) is 0.777. The van der Waals surface area contributed by atoms with Crippen molar-refractivity contribution in [3.63, 3.8) is 0 Å². The Morgan fingerprint density at radius 2 is 1.83 bits per heavy atom. The number of amides is 1. The van der Waals surface area contributed by atoms with Gasteiger partial charge in [0.2, 0.25) is 5.91 Å². The average Bonchev–Trinajstić information content (AvgIpc) is 2.87. The third-order valence-electron chi connectivity index (χ3n) is 4.00. The number of carbonyl (C=O) groups excluding carboxylic acids is 1. The molecule has 3 rings (SSSR count). The number of hydrogen-bond acceptors (Lipinski definition) is 3. The zero-order valence-corrected chi connectivity index (χ0v) is 14.2. The fraction of sp³-hybridized carbons (Fsp3) is 0.278. The van der Waals surface area contributed by atoms with Crippen LogP contribution in [0.25, 0.3) is 11.0 Å². The summed E-state index contributed by atoms with van der Waals surface area (Å²) in [6, 6.07) is 5.78. The van der Waals surface area contributed by atoms with Gasteiger partial charge in [0.25, 0.3) is 5.56 Å². The number of fused-ring (bicyclic) bond motifs is 1. The Kier molecular flexibility index (Phi) is 3.97. The molecule has 0 saturated carbocycles. The van der Waals surface area contributed by atoms with Crippen molar-refractivity contribution in [1.82, 2.24) is 14.5 Å². The number of rotatable bonds is 3. The van der Waals surface area contributed by atoms with Crippen LogP contribution in [0.15, 0.2) is 29.3 Å². The van der Waals surface area contributed by atoms with Gasteiger partial charge in [-0.05, 0) is 44.9 Å². The van der Waals surface area contributed by atoms with Gasteiger partial charge in [0.15, 0.2) is 0 Å². The van der Waals surface area contributed by atoms with Crippen LogP contribution in [0.2, 0.25) is 0 Å². The Labute approximate surface area is 139 Å². The molecule has 0 unspecified atom stereocenters. The zero-order valence-electron chi connectivity index (χ0n) is 14.2. The van der Waals surface area contributed by atoms with E-state index in [1.54, 1.807) is 6.07 Å². The van der Waals surface area contributed by atoms with Gasteiger partial charge in [-0.3, -0.25) is 14.2 Å². The summed E-state index contributed by atoms with van der Waals surface area (Å²) >= 11 is 0. The number of nitrogens with one attached hydrogen (secondary N) is 2. The molecule has 2 N–H and O–H groups in total. The lowest BCUT2D eigenvalue weighted by Crippen LogP contribution is -2.28. The predicted molar refractivity (Wildman–Crippen MR) is 94.4 cm³/mol. The van der Waals surface area contributed by atoms with Crippen LogP contribution in [-0.4, -0.2) is 20.4 Å². The van der Waals surface area contributed by atoms with E-state index in [-0.39, 0.29) is 18.0 Å². The number of hydrogen-bond donors (Lipinski definition) is 2. The highest BCUT2D eigenvalue weighted by molar-refractivity contribution is 5.92. The lowest BCUT2D eigenvalue weighted by Gasteiger charge is -2.13. The smallest absolute Gasteiger partial charge is 0.263 e. The Morgan fingerprint density at radius 1 is 1.17 bits per heavy atom. The Morgan fingerprint density at radius 3 is 2.50 bits per heavy atom. The number of aromatic nitrogens is 3. The van der Waals surface area contributed by atoms with Crippen LogP contribution in [0.4, 0.5) is 5.69 Å². The minimum absolute atomic E-state index is 0.0707. The van der Waals surface area contributed by atoms with Gasteiger partial charge < -0.3 is 10.3 Å². The van der Waals surface area contributed by atoms with E-state index in [4.69, 9.17) is 0 Å². The predicted octanol–water partition coefficient (Wildman–Crippen LogP) is 2.60. The molecule has 0 spiro atoms. The van der Waals surface area contributed by atoms with Gasteiger partial charge in [0, 0.05) is 11.4 Å². The SMILES string of the molecule is Cc1cc(C)c(NC(=O)Cn2cnc3[nH]c(C)cc3c2=O)c(C)c1. The summed E-state index contributed by atoms with van der Waals surface area (Å²) in [6.07, 6.45) is 1.40. The summed E-state index contributed by atoms with van der Waals surface area (Å²) in [5, 5.41) is 3.39. The van der Waals surface area contributed by atoms with Crippen molar-refractivity contribution < 1.29 is 4.79 Å². The Balaban J connectivity index is 1.86. The number of aromatic amines is 1. The van der Waals surface area contributed by atoms with Crippen molar-refractivity contribution in [3.8, 4) is 0 Å². The van der Waals surface area contributed by atoms with Crippen molar-refractivity contribution in [2.24, 2.45) is 0 Å². The number of H-pyrrole nitrogens is 1. The highest BCUT2D eigenvalue weighted by Crippen LogP contribution is 2.21. The molecule has 1 aromatic carbocycles. The van der Waals surface area contributed by atoms with Crippen molar-refractivity contribution in [2.75, 3.05) is 5.32 Å². The fourth-order valence-corrected chi connectivity index (χ4v) is 3.00. The molecular weight excluding hydrogens is 304 g/mol. The van der Waals surface area contributed by atoms with Crippen LogP contribution >= 0.6 is 0 Å². The van der Waals surface area contributed by atoms with Gasteiger partial charge in [0.1, 0.15) is 18.5 Å². The molecule has 0 aliphatic carbocycles. The molecule has 2 aromatic heterocycles. The fourth-order valence-electron chi connectivity index (χ4n) is 3.00. The molecule has 0 aliphatic rings. The lowest BCUT2D eigenvalue weighted by atomic mass is 10.1. The van der Waals surface area contributed by atoms with Gasteiger partial charge in [0.05, 0.1) is 5.39 Å². The maximum atomic E-state index is 12.4. The average molecular weight is 324 g/mol. The van der Waals surface area contributed by atoms with E-state index in [2.05, 4.69) is 15.3 Å². The Hall–Kier alpha value is -2.89. The largest absolute Gasteiger partial charge is 0.343 e. The van der Waals surface area contributed by atoms with E-state index < -0.39 is 0 Å². The van der Waals surface area contributed by atoms with E-state index in [0.29, 0.717) is 11.0 Å². The van der Waals surface area contributed by atoms with Crippen LogP contribution < -0.4 is 10.9 Å². The molecule has 6 nitrogen and oxygen atoms in total. The molecule has 0 radical (unpaired) electrons. The second-order valence-electron chi connectivity index (χ2n) is 6.21.